The summed E-state index contributed by atoms with van der Waals surface area (Å²) >= 11 is 5.91. The highest BCUT2D eigenvalue weighted by molar-refractivity contribution is 6.30. The quantitative estimate of drug-likeness (QED) is 0.698. The summed E-state index contributed by atoms with van der Waals surface area (Å²) in [6.07, 6.45) is 2.20. The maximum absolute atomic E-state index is 13.3. The van der Waals surface area contributed by atoms with Crippen LogP contribution in [0.15, 0.2) is 54.6 Å². The first kappa shape index (κ1) is 23.1. The van der Waals surface area contributed by atoms with Crippen LogP contribution in [0.5, 0.6) is 0 Å². The summed E-state index contributed by atoms with van der Waals surface area (Å²) in [7, 11) is 0. The molecule has 2 atom stereocenters. The fourth-order valence-electron chi connectivity index (χ4n) is 4.45. The van der Waals surface area contributed by atoms with Gasteiger partial charge in [0.2, 0.25) is 11.8 Å². The topological polar surface area (TPSA) is 79.0 Å². The molecule has 33 heavy (non-hydrogen) atoms. The summed E-state index contributed by atoms with van der Waals surface area (Å²) in [5.74, 6) is -0.347. The third kappa shape index (κ3) is 5.66. The Hall–Kier alpha value is -3.06. The van der Waals surface area contributed by atoms with E-state index in [1.54, 1.807) is 17.0 Å². The van der Waals surface area contributed by atoms with Crippen molar-refractivity contribution < 1.29 is 19.1 Å². The molecule has 2 aliphatic heterocycles. The van der Waals surface area contributed by atoms with Crippen molar-refractivity contribution >= 4 is 29.5 Å². The second kappa shape index (κ2) is 10.7. The first-order valence-corrected chi connectivity index (χ1v) is 11.7. The molecule has 0 saturated carbocycles. The minimum Gasteiger partial charge on any atom is -0.445 e. The average molecular weight is 470 g/mol. The number of hydrogen-bond acceptors (Lipinski definition) is 4. The molecular formula is C25H28ClN3O4. The molecule has 0 spiro atoms. The number of carbonyl (C=O) groups is 3. The van der Waals surface area contributed by atoms with Crippen LogP contribution in [0.4, 0.5) is 4.79 Å². The van der Waals surface area contributed by atoms with Crippen LogP contribution < -0.4 is 5.32 Å². The van der Waals surface area contributed by atoms with Gasteiger partial charge < -0.3 is 15.0 Å². The molecule has 1 N–H and O–H groups in total. The Morgan fingerprint density at radius 3 is 2.27 bits per heavy atom. The van der Waals surface area contributed by atoms with Crippen LogP contribution in [0.2, 0.25) is 5.02 Å². The lowest BCUT2D eigenvalue weighted by Gasteiger charge is -2.30. The minimum atomic E-state index is -0.585. The Labute approximate surface area is 198 Å². The number of ether oxygens (including phenoxy) is 1. The third-order valence-corrected chi connectivity index (χ3v) is 6.45. The molecule has 0 bridgehead atoms. The van der Waals surface area contributed by atoms with E-state index in [2.05, 4.69) is 5.32 Å². The lowest BCUT2D eigenvalue weighted by Crippen LogP contribution is -2.52. The number of hydrogen-bond donors (Lipinski definition) is 1. The van der Waals surface area contributed by atoms with E-state index in [1.165, 1.54) is 4.90 Å². The molecule has 174 valence electrons. The van der Waals surface area contributed by atoms with Crippen LogP contribution in [-0.4, -0.2) is 52.9 Å². The Morgan fingerprint density at radius 1 is 0.879 bits per heavy atom. The van der Waals surface area contributed by atoms with Crippen molar-refractivity contribution in [2.75, 3.05) is 13.1 Å². The molecule has 0 radical (unpaired) electrons. The zero-order valence-corrected chi connectivity index (χ0v) is 19.2. The van der Waals surface area contributed by atoms with Gasteiger partial charge >= 0.3 is 6.09 Å². The fourth-order valence-corrected chi connectivity index (χ4v) is 4.57. The van der Waals surface area contributed by atoms with Crippen molar-refractivity contribution in [1.29, 1.82) is 0 Å². The standard InChI is InChI=1S/C25H28ClN3O4/c26-20-12-10-18(11-13-20)16-27-23(30)21-8-4-14-28(21)24(31)22-9-5-15-29(22)25(32)33-17-19-6-2-1-3-7-19/h1-3,6-7,10-13,21-22H,4-5,8-9,14-17H2,(H,27,30)/t21-,22-/m0/s1. The molecule has 2 aromatic rings. The summed E-state index contributed by atoms with van der Waals surface area (Å²) in [6, 6.07) is 15.6. The number of nitrogens with one attached hydrogen (secondary N) is 1. The molecule has 8 heteroatoms. The van der Waals surface area contributed by atoms with Gasteiger partial charge in [0.15, 0.2) is 0 Å². The summed E-state index contributed by atoms with van der Waals surface area (Å²) in [5.41, 5.74) is 1.83. The predicted octanol–water partition coefficient (Wildman–Crippen LogP) is 3.75. The van der Waals surface area contributed by atoms with E-state index in [0.29, 0.717) is 37.5 Å². The zero-order valence-electron chi connectivity index (χ0n) is 18.4. The van der Waals surface area contributed by atoms with Gasteiger partial charge in [-0.05, 0) is 48.9 Å². The van der Waals surface area contributed by atoms with Gasteiger partial charge in [0.1, 0.15) is 18.7 Å². The van der Waals surface area contributed by atoms with Gasteiger partial charge in [0.25, 0.3) is 0 Å². The minimum absolute atomic E-state index is 0.163. The molecule has 0 unspecified atom stereocenters. The van der Waals surface area contributed by atoms with Gasteiger partial charge in [0.05, 0.1) is 0 Å². The first-order chi connectivity index (χ1) is 16.0. The Kier molecular flexibility index (Phi) is 7.50. The fraction of sp³-hybridized carbons (Fsp3) is 0.400. The Balaban J connectivity index is 1.34. The second-order valence-electron chi connectivity index (χ2n) is 8.43. The molecular weight excluding hydrogens is 442 g/mol. The smallest absolute Gasteiger partial charge is 0.410 e. The van der Waals surface area contributed by atoms with E-state index >= 15 is 0 Å². The van der Waals surface area contributed by atoms with E-state index in [0.717, 1.165) is 24.0 Å². The number of rotatable bonds is 6. The molecule has 4 rings (SSSR count). The van der Waals surface area contributed by atoms with Crippen molar-refractivity contribution in [1.82, 2.24) is 15.1 Å². The van der Waals surface area contributed by atoms with Crippen molar-refractivity contribution in [2.24, 2.45) is 0 Å². The molecule has 2 fully saturated rings. The Morgan fingerprint density at radius 2 is 1.55 bits per heavy atom. The zero-order chi connectivity index (χ0) is 23.2. The number of carbonyl (C=O) groups excluding carboxylic acids is 3. The molecule has 2 aliphatic rings. The van der Waals surface area contributed by atoms with Crippen molar-refractivity contribution in [3.63, 3.8) is 0 Å². The highest BCUT2D eigenvalue weighted by Gasteiger charge is 2.42. The van der Waals surface area contributed by atoms with E-state index in [4.69, 9.17) is 16.3 Å². The van der Waals surface area contributed by atoms with E-state index in [1.807, 2.05) is 42.5 Å². The van der Waals surface area contributed by atoms with Gasteiger partial charge in [-0.2, -0.15) is 0 Å². The van der Waals surface area contributed by atoms with Crippen molar-refractivity contribution in [3.05, 3.63) is 70.7 Å². The lowest BCUT2D eigenvalue weighted by atomic mass is 10.1. The van der Waals surface area contributed by atoms with E-state index < -0.39 is 18.2 Å². The summed E-state index contributed by atoms with van der Waals surface area (Å²) < 4.78 is 5.45. The molecule has 7 nitrogen and oxygen atoms in total. The molecule has 0 aromatic heterocycles. The van der Waals surface area contributed by atoms with Crippen LogP contribution in [0.3, 0.4) is 0 Å². The van der Waals surface area contributed by atoms with E-state index in [-0.39, 0.29) is 18.4 Å². The van der Waals surface area contributed by atoms with Gasteiger partial charge in [0, 0.05) is 24.7 Å². The number of likely N-dealkylation sites (tertiary alicyclic amines) is 2. The second-order valence-corrected chi connectivity index (χ2v) is 8.86. The van der Waals surface area contributed by atoms with Crippen LogP contribution in [-0.2, 0) is 27.5 Å². The van der Waals surface area contributed by atoms with Crippen LogP contribution in [0.1, 0.15) is 36.8 Å². The monoisotopic (exact) mass is 469 g/mol. The van der Waals surface area contributed by atoms with Crippen LogP contribution in [0, 0.1) is 0 Å². The van der Waals surface area contributed by atoms with Gasteiger partial charge in [-0.3, -0.25) is 14.5 Å². The highest BCUT2D eigenvalue weighted by atomic mass is 35.5. The molecule has 2 aromatic carbocycles. The summed E-state index contributed by atoms with van der Waals surface area (Å²) in [5, 5.41) is 3.57. The number of amides is 3. The Bertz CT molecular complexity index is 983. The summed E-state index contributed by atoms with van der Waals surface area (Å²) in [4.78, 5) is 42.0. The maximum atomic E-state index is 13.3. The third-order valence-electron chi connectivity index (χ3n) is 6.20. The SMILES string of the molecule is O=C(NCc1ccc(Cl)cc1)[C@@H]1CCCN1C(=O)[C@@H]1CCCN1C(=O)OCc1ccccc1. The van der Waals surface area contributed by atoms with Crippen LogP contribution >= 0.6 is 11.6 Å². The number of benzene rings is 2. The normalized spacial score (nSPS) is 20.0. The molecule has 2 saturated heterocycles. The average Bonchev–Trinajstić information content (AvgIpc) is 3.52. The molecule has 2 heterocycles. The van der Waals surface area contributed by atoms with Crippen molar-refractivity contribution in [2.45, 2.75) is 50.9 Å². The molecule has 3 amide bonds. The van der Waals surface area contributed by atoms with Gasteiger partial charge in [-0.25, -0.2) is 4.79 Å². The maximum Gasteiger partial charge on any atom is 0.410 e. The van der Waals surface area contributed by atoms with E-state index in [9.17, 15) is 14.4 Å². The highest BCUT2D eigenvalue weighted by Crippen LogP contribution is 2.26. The number of halogens is 1. The molecule has 0 aliphatic carbocycles. The van der Waals surface area contributed by atoms with Crippen molar-refractivity contribution in [3.8, 4) is 0 Å². The lowest BCUT2D eigenvalue weighted by molar-refractivity contribution is -0.141. The largest absolute Gasteiger partial charge is 0.445 e. The van der Waals surface area contributed by atoms with Crippen LogP contribution in [0.25, 0.3) is 0 Å². The van der Waals surface area contributed by atoms with Gasteiger partial charge in [-0.15, -0.1) is 0 Å². The predicted molar refractivity (Wildman–Crippen MR) is 124 cm³/mol. The number of nitrogens with zero attached hydrogens (tertiary/aromatic N) is 2. The summed E-state index contributed by atoms with van der Waals surface area (Å²) in [6.45, 7) is 1.53. The van der Waals surface area contributed by atoms with Gasteiger partial charge in [-0.1, -0.05) is 54.1 Å². The first-order valence-electron chi connectivity index (χ1n) is 11.3.